The van der Waals surface area contributed by atoms with Crippen LogP contribution in [0.3, 0.4) is 0 Å². The summed E-state index contributed by atoms with van der Waals surface area (Å²) in [6.45, 7) is 3.16. The molecule has 178 valence electrons. The summed E-state index contributed by atoms with van der Waals surface area (Å²) in [5, 5.41) is 4.37. The molecule has 2 N–H and O–H groups in total. The summed E-state index contributed by atoms with van der Waals surface area (Å²) in [7, 11) is 0. The molecule has 0 unspecified atom stereocenters. The normalized spacial score (nSPS) is 10.6. The Morgan fingerprint density at radius 1 is 0.914 bits per heavy atom. The quantitative estimate of drug-likeness (QED) is 0.397. The van der Waals surface area contributed by atoms with Gasteiger partial charge in [0.25, 0.3) is 11.8 Å². The molecule has 1 heterocycles. The number of para-hydroxylation sites is 1. The smallest absolute Gasteiger partial charge is 0.276 e. The van der Waals surface area contributed by atoms with Crippen LogP contribution < -0.4 is 15.6 Å². The van der Waals surface area contributed by atoms with Gasteiger partial charge in [-0.05, 0) is 55.3 Å². The molecule has 8 heteroatoms. The van der Waals surface area contributed by atoms with Gasteiger partial charge in [0.1, 0.15) is 11.6 Å². The van der Waals surface area contributed by atoms with Crippen molar-refractivity contribution in [3.63, 3.8) is 0 Å². The van der Waals surface area contributed by atoms with Crippen LogP contribution >= 0.6 is 0 Å². The number of rotatable bonds is 7. The van der Waals surface area contributed by atoms with Crippen LogP contribution in [0.4, 0.5) is 4.39 Å². The third kappa shape index (κ3) is 5.73. The molecule has 0 bridgehead atoms. The molecule has 0 aliphatic rings. The van der Waals surface area contributed by atoms with Gasteiger partial charge < -0.3 is 4.74 Å². The summed E-state index contributed by atoms with van der Waals surface area (Å²) in [5.74, 6) is -0.772. The molecular formula is C27H25FN4O3. The van der Waals surface area contributed by atoms with Crippen molar-refractivity contribution in [1.29, 1.82) is 0 Å². The zero-order valence-corrected chi connectivity index (χ0v) is 19.4. The lowest BCUT2D eigenvalue weighted by Crippen LogP contribution is -2.44. The van der Waals surface area contributed by atoms with E-state index in [9.17, 15) is 14.0 Å². The van der Waals surface area contributed by atoms with Crippen LogP contribution in [0.1, 0.15) is 32.9 Å². The monoisotopic (exact) mass is 472 g/mol. The molecule has 0 spiro atoms. The minimum absolute atomic E-state index is 0.265. The van der Waals surface area contributed by atoms with E-state index in [1.165, 1.54) is 12.1 Å². The number of hydrazine groups is 1. The zero-order valence-electron chi connectivity index (χ0n) is 19.4. The number of benzene rings is 3. The van der Waals surface area contributed by atoms with Crippen molar-refractivity contribution in [2.75, 3.05) is 6.61 Å². The molecule has 2 amide bonds. The van der Waals surface area contributed by atoms with Crippen LogP contribution in [-0.4, -0.2) is 28.2 Å². The molecule has 0 saturated heterocycles. The van der Waals surface area contributed by atoms with Crippen LogP contribution in [0.5, 0.6) is 5.75 Å². The first-order valence-electron chi connectivity index (χ1n) is 11.1. The molecule has 4 aromatic rings. The average molecular weight is 473 g/mol. The highest BCUT2D eigenvalue weighted by molar-refractivity contribution is 5.97. The van der Waals surface area contributed by atoms with Crippen LogP contribution in [-0.2, 0) is 11.2 Å². The highest BCUT2D eigenvalue weighted by Crippen LogP contribution is 2.21. The van der Waals surface area contributed by atoms with E-state index >= 15 is 0 Å². The molecule has 0 radical (unpaired) electrons. The van der Waals surface area contributed by atoms with Crippen molar-refractivity contribution in [3.8, 4) is 11.4 Å². The molecular weight excluding hydrogens is 447 g/mol. The summed E-state index contributed by atoms with van der Waals surface area (Å²) < 4.78 is 20.5. The number of halogens is 1. The minimum Gasteiger partial charge on any atom is -0.483 e. The van der Waals surface area contributed by atoms with Gasteiger partial charge in [-0.15, -0.1) is 0 Å². The van der Waals surface area contributed by atoms with Crippen molar-refractivity contribution < 1.29 is 18.7 Å². The van der Waals surface area contributed by atoms with Gasteiger partial charge in [0.15, 0.2) is 6.61 Å². The second-order valence-corrected chi connectivity index (χ2v) is 8.00. The molecule has 35 heavy (non-hydrogen) atoms. The lowest BCUT2D eigenvalue weighted by molar-refractivity contribution is -0.123. The summed E-state index contributed by atoms with van der Waals surface area (Å²) in [6, 6.07) is 23.3. The number of carbonyl (C=O) groups is 2. The Balaban J connectivity index is 1.35. The lowest BCUT2D eigenvalue weighted by Gasteiger charge is -2.12. The summed E-state index contributed by atoms with van der Waals surface area (Å²) in [4.78, 5) is 25.1. The number of nitrogens with zero attached hydrogens (tertiary/aromatic N) is 2. The summed E-state index contributed by atoms with van der Waals surface area (Å²) >= 11 is 0. The number of amides is 2. The van der Waals surface area contributed by atoms with Crippen LogP contribution in [0, 0.1) is 19.7 Å². The van der Waals surface area contributed by atoms with E-state index in [0.717, 1.165) is 11.1 Å². The number of hydrogen-bond donors (Lipinski definition) is 2. The summed E-state index contributed by atoms with van der Waals surface area (Å²) in [5.41, 5.74) is 8.86. The first-order chi connectivity index (χ1) is 16.9. The maximum Gasteiger partial charge on any atom is 0.276 e. The zero-order chi connectivity index (χ0) is 24.8. The lowest BCUT2D eigenvalue weighted by atomic mass is 10.0. The SMILES string of the molecule is Cc1nn(-c2ccc(F)cc2)c(C)c1C(=O)NNC(=O)COc1ccccc1Cc1ccccc1. The van der Waals surface area contributed by atoms with Crippen molar-refractivity contribution in [1.82, 2.24) is 20.6 Å². The molecule has 0 atom stereocenters. The third-order valence-electron chi connectivity index (χ3n) is 5.47. The number of carbonyl (C=O) groups excluding carboxylic acids is 2. The number of nitrogens with one attached hydrogen (secondary N) is 2. The Labute approximate surface area is 202 Å². The Morgan fingerprint density at radius 2 is 1.60 bits per heavy atom. The fourth-order valence-electron chi connectivity index (χ4n) is 3.78. The predicted octanol–water partition coefficient (Wildman–Crippen LogP) is 4.06. The van der Waals surface area contributed by atoms with Gasteiger partial charge in [0, 0.05) is 6.42 Å². The second-order valence-electron chi connectivity index (χ2n) is 8.00. The van der Waals surface area contributed by atoms with E-state index in [4.69, 9.17) is 4.74 Å². The summed E-state index contributed by atoms with van der Waals surface area (Å²) in [6.07, 6.45) is 0.673. The van der Waals surface area contributed by atoms with Crippen molar-refractivity contribution >= 4 is 11.8 Å². The predicted molar refractivity (Wildman–Crippen MR) is 130 cm³/mol. The van der Waals surface area contributed by atoms with Crippen LogP contribution in [0.25, 0.3) is 5.69 Å². The maximum absolute atomic E-state index is 13.2. The topological polar surface area (TPSA) is 85.3 Å². The van der Waals surface area contributed by atoms with Crippen molar-refractivity contribution in [3.05, 3.63) is 113 Å². The fraction of sp³-hybridized carbons (Fsp3) is 0.148. The molecule has 4 rings (SSSR count). The van der Waals surface area contributed by atoms with E-state index in [1.54, 1.807) is 36.7 Å². The van der Waals surface area contributed by atoms with Gasteiger partial charge >= 0.3 is 0 Å². The van der Waals surface area contributed by atoms with Gasteiger partial charge in [0.05, 0.1) is 22.6 Å². The molecule has 0 fully saturated rings. The largest absolute Gasteiger partial charge is 0.483 e. The number of aromatic nitrogens is 2. The molecule has 3 aromatic carbocycles. The van der Waals surface area contributed by atoms with Crippen molar-refractivity contribution in [2.24, 2.45) is 0 Å². The average Bonchev–Trinajstić information content (AvgIpc) is 3.16. The highest BCUT2D eigenvalue weighted by atomic mass is 19.1. The van der Waals surface area contributed by atoms with Gasteiger partial charge in [-0.2, -0.15) is 5.10 Å². The third-order valence-corrected chi connectivity index (χ3v) is 5.47. The standard InChI is InChI=1S/C27H25FN4O3/c1-18-26(19(2)32(31-18)23-14-12-22(28)13-15-23)27(34)30-29-25(33)17-35-24-11-7-6-10-21(24)16-20-8-4-3-5-9-20/h3-15H,16-17H2,1-2H3,(H,29,33)(H,30,34). The van der Waals surface area contributed by atoms with Crippen LogP contribution in [0.2, 0.25) is 0 Å². The Bertz CT molecular complexity index is 1330. The molecule has 1 aromatic heterocycles. The fourth-order valence-corrected chi connectivity index (χ4v) is 3.78. The maximum atomic E-state index is 13.2. The Hall–Kier alpha value is -4.46. The molecule has 0 aliphatic heterocycles. The van der Waals surface area contributed by atoms with E-state index in [1.807, 2.05) is 48.5 Å². The second kappa shape index (κ2) is 10.6. The van der Waals surface area contributed by atoms with E-state index in [0.29, 0.717) is 34.8 Å². The first kappa shape index (κ1) is 23.7. The molecule has 0 saturated carbocycles. The van der Waals surface area contributed by atoms with Gasteiger partial charge in [-0.25, -0.2) is 9.07 Å². The van der Waals surface area contributed by atoms with E-state index < -0.39 is 11.8 Å². The Kier molecular flexibility index (Phi) is 7.21. The molecule has 0 aliphatic carbocycles. The van der Waals surface area contributed by atoms with Gasteiger partial charge in [0.2, 0.25) is 0 Å². The first-order valence-corrected chi connectivity index (χ1v) is 11.1. The van der Waals surface area contributed by atoms with E-state index in [2.05, 4.69) is 16.0 Å². The number of ether oxygens (including phenoxy) is 1. The number of hydrogen-bond acceptors (Lipinski definition) is 4. The molecule has 7 nitrogen and oxygen atoms in total. The van der Waals surface area contributed by atoms with E-state index in [-0.39, 0.29) is 12.4 Å². The highest BCUT2D eigenvalue weighted by Gasteiger charge is 2.20. The minimum atomic E-state index is -0.508. The van der Waals surface area contributed by atoms with Crippen molar-refractivity contribution in [2.45, 2.75) is 20.3 Å². The van der Waals surface area contributed by atoms with Gasteiger partial charge in [-0.3, -0.25) is 20.4 Å². The van der Waals surface area contributed by atoms with Crippen LogP contribution in [0.15, 0.2) is 78.9 Å². The Morgan fingerprint density at radius 3 is 2.34 bits per heavy atom. The van der Waals surface area contributed by atoms with Gasteiger partial charge in [-0.1, -0.05) is 48.5 Å². The number of aryl methyl sites for hydroxylation is 1.